The second kappa shape index (κ2) is 4.80. The van der Waals surface area contributed by atoms with Crippen molar-refractivity contribution < 1.29 is 4.42 Å². The fraction of sp³-hybridized carbons (Fsp3) is 0.400. The molecule has 1 atom stereocenters. The summed E-state index contributed by atoms with van der Waals surface area (Å²) in [5.74, 6) is 0.855. The zero-order chi connectivity index (χ0) is 11.5. The number of furan rings is 1. The number of aromatic nitrogens is 3. The Morgan fingerprint density at radius 2 is 2.44 bits per heavy atom. The molecule has 0 amide bonds. The number of aryl methyl sites for hydroxylation is 1. The molecule has 0 aliphatic carbocycles. The van der Waals surface area contributed by atoms with Crippen LogP contribution in [0.5, 0.6) is 0 Å². The Balaban J connectivity index is 2.40. The Morgan fingerprint density at radius 1 is 1.62 bits per heavy atom. The molecule has 6 heteroatoms. The first-order valence-electron chi connectivity index (χ1n) is 5.06. The molecule has 0 aromatic carbocycles. The normalized spacial score (nSPS) is 12.9. The van der Waals surface area contributed by atoms with Crippen molar-refractivity contribution in [2.45, 2.75) is 13.0 Å². The molecule has 2 rings (SSSR count). The number of halogens is 1. The van der Waals surface area contributed by atoms with Gasteiger partial charge < -0.3 is 9.73 Å². The summed E-state index contributed by atoms with van der Waals surface area (Å²) in [4.78, 5) is 0. The molecule has 1 N–H and O–H groups in total. The van der Waals surface area contributed by atoms with Gasteiger partial charge in [0.1, 0.15) is 11.8 Å². The molecule has 16 heavy (non-hydrogen) atoms. The van der Waals surface area contributed by atoms with Crippen LogP contribution in [0.2, 0.25) is 0 Å². The predicted molar refractivity (Wildman–Crippen MR) is 62.9 cm³/mol. The summed E-state index contributed by atoms with van der Waals surface area (Å²) in [6, 6.07) is 3.78. The van der Waals surface area contributed by atoms with E-state index in [1.165, 1.54) is 0 Å². The molecule has 0 aliphatic heterocycles. The van der Waals surface area contributed by atoms with Crippen molar-refractivity contribution in [2.75, 3.05) is 6.54 Å². The Morgan fingerprint density at radius 3 is 2.94 bits per heavy atom. The third-order valence-electron chi connectivity index (χ3n) is 2.34. The lowest BCUT2D eigenvalue weighted by Gasteiger charge is -2.15. The van der Waals surface area contributed by atoms with Crippen LogP contribution in [0.25, 0.3) is 0 Å². The Hall–Kier alpha value is -1.14. The minimum absolute atomic E-state index is 0.0330. The van der Waals surface area contributed by atoms with Crippen LogP contribution in [0.15, 0.2) is 27.4 Å². The standard InChI is InChI=1S/C10H13BrN4O/c1-3-12-8(7-5-4-6-16-7)9-10(11)13-14-15(9)2/h4-6,8,12H,3H2,1-2H3. The lowest BCUT2D eigenvalue weighted by atomic mass is 10.1. The number of nitrogens with zero attached hydrogens (tertiary/aromatic N) is 3. The number of hydrogen-bond acceptors (Lipinski definition) is 4. The van der Waals surface area contributed by atoms with Crippen LogP contribution in [0.1, 0.15) is 24.4 Å². The summed E-state index contributed by atoms with van der Waals surface area (Å²) in [6.07, 6.45) is 1.66. The molecule has 2 aromatic rings. The van der Waals surface area contributed by atoms with Crippen LogP contribution in [-0.2, 0) is 7.05 Å². The first-order valence-corrected chi connectivity index (χ1v) is 5.85. The second-order valence-electron chi connectivity index (χ2n) is 3.40. The summed E-state index contributed by atoms with van der Waals surface area (Å²) < 4.78 is 7.90. The maximum atomic E-state index is 5.43. The molecule has 2 aromatic heterocycles. The molecular weight excluding hydrogens is 272 g/mol. The van der Waals surface area contributed by atoms with Gasteiger partial charge in [0.15, 0.2) is 4.60 Å². The average molecular weight is 285 g/mol. The van der Waals surface area contributed by atoms with Crippen molar-refractivity contribution >= 4 is 15.9 Å². The minimum atomic E-state index is -0.0330. The van der Waals surface area contributed by atoms with Gasteiger partial charge in [-0.05, 0) is 34.6 Å². The van der Waals surface area contributed by atoms with Crippen LogP contribution in [0.3, 0.4) is 0 Å². The van der Waals surface area contributed by atoms with Crippen LogP contribution in [0, 0.1) is 0 Å². The highest BCUT2D eigenvalue weighted by molar-refractivity contribution is 9.10. The highest BCUT2D eigenvalue weighted by Gasteiger charge is 2.23. The van der Waals surface area contributed by atoms with Gasteiger partial charge in [-0.3, -0.25) is 0 Å². The molecule has 0 saturated carbocycles. The molecule has 1 unspecified atom stereocenters. The lowest BCUT2D eigenvalue weighted by Crippen LogP contribution is -2.24. The summed E-state index contributed by atoms with van der Waals surface area (Å²) in [6.45, 7) is 2.89. The number of nitrogens with one attached hydrogen (secondary N) is 1. The van der Waals surface area contributed by atoms with Gasteiger partial charge in [0.2, 0.25) is 0 Å². The Bertz CT molecular complexity index is 432. The van der Waals surface area contributed by atoms with Crippen LogP contribution < -0.4 is 5.32 Å². The molecular formula is C10H13BrN4O. The maximum absolute atomic E-state index is 5.43. The molecule has 0 radical (unpaired) electrons. The first-order chi connectivity index (χ1) is 7.74. The van der Waals surface area contributed by atoms with Crippen molar-refractivity contribution in [1.82, 2.24) is 20.3 Å². The molecule has 86 valence electrons. The highest BCUT2D eigenvalue weighted by Crippen LogP contribution is 2.26. The summed E-state index contributed by atoms with van der Waals surface area (Å²) >= 11 is 3.40. The minimum Gasteiger partial charge on any atom is -0.467 e. The third kappa shape index (κ3) is 2.03. The number of rotatable bonds is 4. The Kier molecular flexibility index (Phi) is 3.40. The van der Waals surface area contributed by atoms with Crippen LogP contribution in [0.4, 0.5) is 0 Å². The van der Waals surface area contributed by atoms with E-state index in [4.69, 9.17) is 4.42 Å². The number of hydrogen-bond donors (Lipinski definition) is 1. The van der Waals surface area contributed by atoms with E-state index in [0.717, 1.165) is 22.6 Å². The zero-order valence-electron chi connectivity index (χ0n) is 9.14. The fourth-order valence-corrected chi connectivity index (χ4v) is 2.19. The third-order valence-corrected chi connectivity index (χ3v) is 2.90. The quantitative estimate of drug-likeness (QED) is 0.931. The zero-order valence-corrected chi connectivity index (χ0v) is 10.7. The van der Waals surface area contributed by atoms with Crippen LogP contribution >= 0.6 is 15.9 Å². The monoisotopic (exact) mass is 284 g/mol. The summed E-state index contributed by atoms with van der Waals surface area (Å²) in [7, 11) is 1.86. The smallest absolute Gasteiger partial charge is 0.153 e. The summed E-state index contributed by atoms with van der Waals surface area (Å²) in [5.41, 5.74) is 0.955. The van der Waals surface area contributed by atoms with E-state index >= 15 is 0 Å². The van der Waals surface area contributed by atoms with E-state index in [0.29, 0.717) is 0 Å². The van der Waals surface area contributed by atoms with E-state index in [9.17, 15) is 0 Å². The molecule has 0 aliphatic rings. The Labute approximate surface area is 102 Å². The van der Waals surface area contributed by atoms with Gasteiger partial charge in [-0.25, -0.2) is 4.68 Å². The fourth-order valence-electron chi connectivity index (χ4n) is 1.64. The van der Waals surface area contributed by atoms with Crippen molar-refractivity contribution in [3.05, 3.63) is 34.5 Å². The lowest BCUT2D eigenvalue weighted by molar-refractivity contribution is 0.437. The average Bonchev–Trinajstić information content (AvgIpc) is 2.87. The van der Waals surface area contributed by atoms with Gasteiger partial charge in [0.25, 0.3) is 0 Å². The topological polar surface area (TPSA) is 55.9 Å². The van der Waals surface area contributed by atoms with E-state index < -0.39 is 0 Å². The van der Waals surface area contributed by atoms with E-state index in [-0.39, 0.29) is 6.04 Å². The van der Waals surface area contributed by atoms with Crippen molar-refractivity contribution in [2.24, 2.45) is 7.05 Å². The van der Waals surface area contributed by atoms with E-state index in [2.05, 4.69) is 31.6 Å². The molecule has 2 heterocycles. The molecule has 0 bridgehead atoms. The van der Waals surface area contributed by atoms with Crippen LogP contribution in [-0.4, -0.2) is 21.5 Å². The predicted octanol–water partition coefficient (Wildman–Crippen LogP) is 1.87. The highest BCUT2D eigenvalue weighted by atomic mass is 79.9. The van der Waals surface area contributed by atoms with Gasteiger partial charge in [-0.2, -0.15) is 0 Å². The van der Waals surface area contributed by atoms with Gasteiger partial charge >= 0.3 is 0 Å². The second-order valence-corrected chi connectivity index (χ2v) is 4.15. The van der Waals surface area contributed by atoms with E-state index in [1.54, 1.807) is 10.9 Å². The molecule has 0 fully saturated rings. The maximum Gasteiger partial charge on any atom is 0.153 e. The molecule has 5 nitrogen and oxygen atoms in total. The molecule has 0 spiro atoms. The van der Waals surface area contributed by atoms with Crippen molar-refractivity contribution in [3.8, 4) is 0 Å². The first kappa shape index (κ1) is 11.3. The van der Waals surface area contributed by atoms with Gasteiger partial charge in [-0.15, -0.1) is 5.10 Å². The van der Waals surface area contributed by atoms with E-state index in [1.807, 2.05) is 26.1 Å². The van der Waals surface area contributed by atoms with Crippen molar-refractivity contribution in [1.29, 1.82) is 0 Å². The SMILES string of the molecule is CCNC(c1ccco1)c1c(Br)nnn1C. The van der Waals surface area contributed by atoms with Gasteiger partial charge in [-0.1, -0.05) is 12.1 Å². The van der Waals surface area contributed by atoms with Crippen molar-refractivity contribution in [3.63, 3.8) is 0 Å². The largest absolute Gasteiger partial charge is 0.467 e. The molecule has 0 saturated heterocycles. The summed E-state index contributed by atoms with van der Waals surface area (Å²) in [5, 5.41) is 11.3. The van der Waals surface area contributed by atoms with Gasteiger partial charge in [0.05, 0.1) is 12.0 Å². The van der Waals surface area contributed by atoms with Gasteiger partial charge in [0, 0.05) is 7.05 Å².